The van der Waals surface area contributed by atoms with Crippen LogP contribution < -0.4 is 5.32 Å². The van der Waals surface area contributed by atoms with E-state index in [0.717, 1.165) is 29.4 Å². The third-order valence-electron chi connectivity index (χ3n) is 3.17. The summed E-state index contributed by atoms with van der Waals surface area (Å²) in [6, 6.07) is 5.18. The van der Waals surface area contributed by atoms with Crippen molar-refractivity contribution in [2.45, 2.75) is 53.0 Å². The van der Waals surface area contributed by atoms with E-state index in [9.17, 15) is 4.39 Å². The van der Waals surface area contributed by atoms with E-state index in [2.05, 4.69) is 55.9 Å². The van der Waals surface area contributed by atoms with Crippen molar-refractivity contribution in [3.63, 3.8) is 0 Å². The van der Waals surface area contributed by atoms with Crippen molar-refractivity contribution in [1.29, 1.82) is 0 Å². The summed E-state index contributed by atoms with van der Waals surface area (Å²) in [6.07, 6.45) is 2.06. The molecule has 114 valence electrons. The molecular formula is C17H27BrFN. The van der Waals surface area contributed by atoms with Crippen LogP contribution in [0.3, 0.4) is 0 Å². The first-order valence-electron chi connectivity index (χ1n) is 7.35. The standard InChI is InChI=1S/C17H27BrFN/c1-12(2)6-14(11-20-17(3,4)5)7-13-8-15(18)10-16(19)9-13/h8-10,12,14,20H,6-7,11H2,1-5H3. The molecule has 20 heavy (non-hydrogen) atoms. The SMILES string of the molecule is CC(C)CC(CNC(C)(C)C)Cc1cc(F)cc(Br)c1. The van der Waals surface area contributed by atoms with E-state index in [0.29, 0.717) is 11.8 Å². The number of nitrogens with one attached hydrogen (secondary N) is 1. The molecule has 0 radical (unpaired) electrons. The van der Waals surface area contributed by atoms with Gasteiger partial charge in [0.25, 0.3) is 0 Å². The van der Waals surface area contributed by atoms with E-state index in [1.54, 1.807) is 6.07 Å². The van der Waals surface area contributed by atoms with Gasteiger partial charge in [-0.3, -0.25) is 0 Å². The molecule has 0 spiro atoms. The Morgan fingerprint density at radius 2 is 1.85 bits per heavy atom. The number of hydrogen-bond acceptors (Lipinski definition) is 1. The normalized spacial score (nSPS) is 13.8. The lowest BCUT2D eigenvalue weighted by Gasteiger charge is -2.26. The topological polar surface area (TPSA) is 12.0 Å². The average molecular weight is 344 g/mol. The Bertz CT molecular complexity index is 403. The molecule has 0 aliphatic heterocycles. The highest BCUT2D eigenvalue weighted by atomic mass is 79.9. The van der Waals surface area contributed by atoms with Crippen LogP contribution in [0.25, 0.3) is 0 Å². The number of benzene rings is 1. The molecule has 1 rings (SSSR count). The molecule has 1 N–H and O–H groups in total. The Balaban J connectivity index is 2.72. The van der Waals surface area contributed by atoms with E-state index in [4.69, 9.17) is 0 Å². The molecule has 0 aromatic heterocycles. The number of rotatable bonds is 6. The first-order valence-corrected chi connectivity index (χ1v) is 8.15. The molecular weight excluding hydrogens is 317 g/mol. The van der Waals surface area contributed by atoms with Crippen molar-refractivity contribution in [3.05, 3.63) is 34.1 Å². The molecule has 1 atom stereocenters. The first kappa shape index (κ1) is 17.6. The smallest absolute Gasteiger partial charge is 0.124 e. The van der Waals surface area contributed by atoms with E-state index in [1.165, 1.54) is 6.07 Å². The van der Waals surface area contributed by atoms with Crippen molar-refractivity contribution in [1.82, 2.24) is 5.32 Å². The summed E-state index contributed by atoms with van der Waals surface area (Å²) in [5, 5.41) is 3.57. The van der Waals surface area contributed by atoms with Crippen molar-refractivity contribution >= 4 is 15.9 Å². The second-order valence-electron chi connectivity index (χ2n) is 7.11. The molecule has 0 saturated carbocycles. The fourth-order valence-electron chi connectivity index (χ4n) is 2.42. The van der Waals surface area contributed by atoms with E-state index < -0.39 is 0 Å². The van der Waals surface area contributed by atoms with Gasteiger partial charge in [-0.15, -0.1) is 0 Å². The van der Waals surface area contributed by atoms with Gasteiger partial charge < -0.3 is 5.32 Å². The Morgan fingerprint density at radius 1 is 1.20 bits per heavy atom. The van der Waals surface area contributed by atoms with Gasteiger partial charge in [-0.25, -0.2) is 4.39 Å². The summed E-state index contributed by atoms with van der Waals surface area (Å²) in [7, 11) is 0. The Kier molecular flexibility index (Phi) is 6.67. The molecule has 0 aliphatic rings. The Morgan fingerprint density at radius 3 is 2.35 bits per heavy atom. The fourth-order valence-corrected chi connectivity index (χ4v) is 2.93. The van der Waals surface area contributed by atoms with Gasteiger partial charge in [0.1, 0.15) is 5.82 Å². The predicted octanol–water partition coefficient (Wildman–Crippen LogP) is 5.18. The van der Waals surface area contributed by atoms with Gasteiger partial charge >= 0.3 is 0 Å². The lowest BCUT2D eigenvalue weighted by atomic mass is 9.90. The summed E-state index contributed by atoms with van der Waals surface area (Å²) in [6.45, 7) is 12.0. The van der Waals surface area contributed by atoms with Gasteiger partial charge in [-0.1, -0.05) is 29.8 Å². The summed E-state index contributed by atoms with van der Waals surface area (Å²) in [4.78, 5) is 0. The lowest BCUT2D eigenvalue weighted by Crippen LogP contribution is -2.39. The Labute approximate surface area is 131 Å². The summed E-state index contributed by atoms with van der Waals surface area (Å²) in [5.74, 6) is 1.02. The maximum absolute atomic E-state index is 13.5. The highest BCUT2D eigenvalue weighted by molar-refractivity contribution is 9.10. The molecule has 3 heteroatoms. The van der Waals surface area contributed by atoms with Crippen LogP contribution in [0.4, 0.5) is 4.39 Å². The predicted molar refractivity (Wildman–Crippen MR) is 88.5 cm³/mol. The lowest BCUT2D eigenvalue weighted by molar-refractivity contribution is 0.331. The molecule has 1 aromatic carbocycles. The van der Waals surface area contributed by atoms with Gasteiger partial charge in [-0.2, -0.15) is 0 Å². The molecule has 0 heterocycles. The van der Waals surface area contributed by atoms with Gasteiger partial charge in [0.2, 0.25) is 0 Å². The molecule has 1 nitrogen and oxygen atoms in total. The minimum absolute atomic E-state index is 0.123. The van der Waals surface area contributed by atoms with E-state index in [-0.39, 0.29) is 11.4 Å². The minimum atomic E-state index is -0.165. The first-order chi connectivity index (χ1) is 9.15. The molecule has 1 unspecified atom stereocenters. The molecule has 0 fully saturated rings. The molecule has 0 bridgehead atoms. The van der Waals surface area contributed by atoms with Crippen molar-refractivity contribution < 1.29 is 4.39 Å². The zero-order valence-electron chi connectivity index (χ0n) is 13.3. The molecule has 0 amide bonds. The van der Waals surface area contributed by atoms with Crippen molar-refractivity contribution in [2.24, 2.45) is 11.8 Å². The quantitative estimate of drug-likeness (QED) is 0.750. The maximum atomic E-state index is 13.5. The summed E-state index contributed by atoms with van der Waals surface area (Å²) < 4.78 is 14.3. The molecule has 0 aliphatic carbocycles. The van der Waals surface area contributed by atoms with Crippen molar-refractivity contribution in [3.8, 4) is 0 Å². The molecule has 1 aromatic rings. The average Bonchev–Trinajstić information content (AvgIpc) is 2.22. The highest BCUT2D eigenvalue weighted by Gasteiger charge is 2.16. The van der Waals surface area contributed by atoms with Crippen LogP contribution in [-0.4, -0.2) is 12.1 Å². The van der Waals surface area contributed by atoms with Crippen LogP contribution in [0, 0.1) is 17.7 Å². The van der Waals surface area contributed by atoms with Crippen LogP contribution >= 0.6 is 15.9 Å². The van der Waals surface area contributed by atoms with Gasteiger partial charge in [0.05, 0.1) is 0 Å². The van der Waals surface area contributed by atoms with Crippen LogP contribution in [0.2, 0.25) is 0 Å². The summed E-state index contributed by atoms with van der Waals surface area (Å²) >= 11 is 3.37. The highest BCUT2D eigenvalue weighted by Crippen LogP contribution is 2.21. The van der Waals surface area contributed by atoms with Gasteiger partial charge in [-0.05, 0) is 75.8 Å². The van der Waals surface area contributed by atoms with E-state index in [1.807, 2.05) is 6.07 Å². The second-order valence-corrected chi connectivity index (χ2v) is 8.02. The fraction of sp³-hybridized carbons (Fsp3) is 0.647. The van der Waals surface area contributed by atoms with Gasteiger partial charge in [0, 0.05) is 10.0 Å². The van der Waals surface area contributed by atoms with Crippen LogP contribution in [0.5, 0.6) is 0 Å². The van der Waals surface area contributed by atoms with Crippen LogP contribution in [0.1, 0.15) is 46.6 Å². The third kappa shape index (κ3) is 7.39. The summed E-state index contributed by atoms with van der Waals surface area (Å²) in [5.41, 5.74) is 1.19. The van der Waals surface area contributed by atoms with Crippen LogP contribution in [0.15, 0.2) is 22.7 Å². The number of halogens is 2. The monoisotopic (exact) mass is 343 g/mol. The van der Waals surface area contributed by atoms with Crippen molar-refractivity contribution in [2.75, 3.05) is 6.54 Å². The molecule has 0 saturated heterocycles. The maximum Gasteiger partial charge on any atom is 0.124 e. The van der Waals surface area contributed by atoms with Gasteiger partial charge in [0.15, 0.2) is 0 Å². The van der Waals surface area contributed by atoms with E-state index >= 15 is 0 Å². The zero-order valence-corrected chi connectivity index (χ0v) is 14.8. The zero-order chi connectivity index (χ0) is 15.3. The minimum Gasteiger partial charge on any atom is -0.312 e. The Hall–Kier alpha value is -0.410. The second kappa shape index (κ2) is 7.56. The number of hydrogen-bond donors (Lipinski definition) is 1. The van der Waals surface area contributed by atoms with Crippen LogP contribution in [-0.2, 0) is 6.42 Å². The third-order valence-corrected chi connectivity index (χ3v) is 3.63. The largest absolute Gasteiger partial charge is 0.312 e.